The Morgan fingerprint density at radius 3 is 3.00 bits per heavy atom. The van der Waals surface area contributed by atoms with Gasteiger partial charge in [0.05, 0.1) is 9.89 Å². The molecule has 1 aliphatic heterocycles. The molecule has 1 aromatic heterocycles. The number of hydrogen-bond acceptors (Lipinski definition) is 3. The number of hydrogen-bond donors (Lipinski definition) is 1. The van der Waals surface area contributed by atoms with Gasteiger partial charge in [-0.15, -0.1) is 11.3 Å². The average molecular weight is 302 g/mol. The molecule has 0 aromatic carbocycles. The Morgan fingerprint density at radius 2 is 2.44 bits per heavy atom. The molecule has 16 heavy (non-hydrogen) atoms. The van der Waals surface area contributed by atoms with Gasteiger partial charge in [-0.1, -0.05) is 0 Å². The van der Waals surface area contributed by atoms with Crippen molar-refractivity contribution in [3.8, 4) is 0 Å². The van der Waals surface area contributed by atoms with Crippen LogP contribution in [0.25, 0.3) is 6.08 Å². The van der Waals surface area contributed by atoms with E-state index in [0.29, 0.717) is 19.5 Å². The van der Waals surface area contributed by atoms with Gasteiger partial charge in [0.25, 0.3) is 0 Å². The van der Waals surface area contributed by atoms with Gasteiger partial charge in [-0.2, -0.15) is 0 Å². The maximum absolute atomic E-state index is 11.7. The molecule has 0 saturated carbocycles. The van der Waals surface area contributed by atoms with Gasteiger partial charge >= 0.3 is 0 Å². The standard InChI is InChI=1S/C11H12BrNO2S/c12-10-3-1-9(16-10)2-4-11(15)13-6-5-8(14)7-13/h1-4,8,14H,5-7H2. The van der Waals surface area contributed by atoms with Gasteiger partial charge in [-0.05, 0) is 40.6 Å². The molecular weight excluding hydrogens is 290 g/mol. The van der Waals surface area contributed by atoms with E-state index in [1.54, 1.807) is 22.3 Å². The SMILES string of the molecule is O=C(C=Cc1ccc(Br)s1)N1CCC(O)C1. The monoisotopic (exact) mass is 301 g/mol. The number of aliphatic hydroxyl groups excluding tert-OH is 1. The average Bonchev–Trinajstić information content (AvgIpc) is 2.84. The van der Waals surface area contributed by atoms with Crippen LogP contribution in [0.15, 0.2) is 22.0 Å². The highest BCUT2D eigenvalue weighted by atomic mass is 79.9. The number of likely N-dealkylation sites (tertiary alicyclic amines) is 1. The van der Waals surface area contributed by atoms with Gasteiger partial charge in [-0.3, -0.25) is 4.79 Å². The third-order valence-corrected chi connectivity index (χ3v) is 4.05. The van der Waals surface area contributed by atoms with Gasteiger partial charge in [0.1, 0.15) is 0 Å². The molecule has 5 heteroatoms. The number of aliphatic hydroxyl groups is 1. The zero-order valence-corrected chi connectivity index (χ0v) is 11.0. The Kier molecular flexibility index (Phi) is 3.78. The lowest BCUT2D eigenvalue weighted by atomic mass is 10.3. The molecule has 1 unspecified atom stereocenters. The third-order valence-electron chi connectivity index (χ3n) is 2.46. The quantitative estimate of drug-likeness (QED) is 0.850. The summed E-state index contributed by atoms with van der Waals surface area (Å²) >= 11 is 4.95. The number of β-amino-alcohol motifs (C(OH)–C–C–N with tert-alkyl or cyclic N) is 1. The lowest BCUT2D eigenvalue weighted by Gasteiger charge is -2.11. The van der Waals surface area contributed by atoms with Crippen LogP contribution in [-0.4, -0.2) is 35.1 Å². The first-order chi connectivity index (χ1) is 7.65. The molecule has 86 valence electrons. The minimum atomic E-state index is -0.353. The maximum Gasteiger partial charge on any atom is 0.246 e. The highest BCUT2D eigenvalue weighted by Gasteiger charge is 2.22. The first-order valence-electron chi connectivity index (χ1n) is 5.05. The highest BCUT2D eigenvalue weighted by molar-refractivity contribution is 9.11. The van der Waals surface area contributed by atoms with Crippen molar-refractivity contribution in [1.29, 1.82) is 0 Å². The maximum atomic E-state index is 11.7. The number of carbonyl (C=O) groups is 1. The van der Waals surface area contributed by atoms with Crippen molar-refractivity contribution in [2.75, 3.05) is 13.1 Å². The topological polar surface area (TPSA) is 40.5 Å². The van der Waals surface area contributed by atoms with Gasteiger partial charge < -0.3 is 10.0 Å². The zero-order valence-electron chi connectivity index (χ0n) is 8.60. The number of amides is 1. The second-order valence-corrected chi connectivity index (χ2v) is 6.20. The molecule has 1 fully saturated rings. The predicted molar refractivity (Wildman–Crippen MR) is 68.3 cm³/mol. The van der Waals surface area contributed by atoms with Crippen molar-refractivity contribution < 1.29 is 9.90 Å². The fourth-order valence-electron chi connectivity index (χ4n) is 1.62. The molecule has 2 rings (SSSR count). The van der Waals surface area contributed by atoms with E-state index in [2.05, 4.69) is 15.9 Å². The van der Waals surface area contributed by atoms with E-state index >= 15 is 0 Å². The van der Waals surface area contributed by atoms with Crippen LogP contribution in [-0.2, 0) is 4.79 Å². The smallest absolute Gasteiger partial charge is 0.246 e. The molecule has 1 N–H and O–H groups in total. The number of carbonyl (C=O) groups excluding carboxylic acids is 1. The summed E-state index contributed by atoms with van der Waals surface area (Å²) in [5.74, 6) is -0.0268. The molecule has 1 aliphatic rings. The van der Waals surface area contributed by atoms with Crippen molar-refractivity contribution in [2.24, 2.45) is 0 Å². The van der Waals surface area contributed by atoms with Crippen molar-refractivity contribution in [1.82, 2.24) is 4.90 Å². The lowest BCUT2D eigenvalue weighted by molar-refractivity contribution is -0.125. The molecule has 3 nitrogen and oxygen atoms in total. The molecule has 0 aliphatic carbocycles. The van der Waals surface area contributed by atoms with Crippen LogP contribution >= 0.6 is 27.3 Å². The molecular formula is C11H12BrNO2S. The summed E-state index contributed by atoms with van der Waals surface area (Å²) in [4.78, 5) is 14.4. The second kappa shape index (κ2) is 5.12. The van der Waals surface area contributed by atoms with Gasteiger partial charge in [-0.25, -0.2) is 0 Å². The summed E-state index contributed by atoms with van der Waals surface area (Å²) in [6.45, 7) is 1.11. The highest BCUT2D eigenvalue weighted by Crippen LogP contribution is 2.23. The van der Waals surface area contributed by atoms with Crippen LogP contribution in [0.5, 0.6) is 0 Å². The fourth-order valence-corrected chi connectivity index (χ4v) is 2.94. The largest absolute Gasteiger partial charge is 0.391 e. The van der Waals surface area contributed by atoms with Crippen molar-refractivity contribution in [3.05, 3.63) is 26.9 Å². The Hall–Kier alpha value is -0.650. The third kappa shape index (κ3) is 2.93. The molecule has 0 spiro atoms. The molecule has 1 saturated heterocycles. The summed E-state index contributed by atoms with van der Waals surface area (Å²) in [6, 6.07) is 3.91. The summed E-state index contributed by atoms with van der Waals surface area (Å²) in [5, 5.41) is 9.31. The van der Waals surface area contributed by atoms with Crippen LogP contribution in [0.4, 0.5) is 0 Å². The molecule has 1 amide bonds. The molecule has 2 heterocycles. The first-order valence-corrected chi connectivity index (χ1v) is 6.66. The van der Waals surface area contributed by atoms with Crippen LogP contribution in [0.1, 0.15) is 11.3 Å². The lowest BCUT2D eigenvalue weighted by Crippen LogP contribution is -2.27. The Balaban J connectivity index is 1.94. The predicted octanol–water partition coefficient (Wildman–Crippen LogP) is 2.12. The number of rotatable bonds is 2. The number of nitrogens with zero attached hydrogens (tertiary/aromatic N) is 1. The van der Waals surface area contributed by atoms with E-state index in [4.69, 9.17) is 0 Å². The number of halogens is 1. The van der Waals surface area contributed by atoms with Crippen LogP contribution in [0.3, 0.4) is 0 Å². The van der Waals surface area contributed by atoms with Crippen molar-refractivity contribution >= 4 is 39.2 Å². The van der Waals surface area contributed by atoms with Gasteiger partial charge in [0.15, 0.2) is 0 Å². The van der Waals surface area contributed by atoms with Crippen molar-refractivity contribution in [3.63, 3.8) is 0 Å². The molecule has 0 bridgehead atoms. The molecule has 1 atom stereocenters. The van der Waals surface area contributed by atoms with E-state index in [-0.39, 0.29) is 12.0 Å². The van der Waals surface area contributed by atoms with E-state index in [0.717, 1.165) is 8.66 Å². The summed E-state index contributed by atoms with van der Waals surface area (Å²) < 4.78 is 1.05. The van der Waals surface area contributed by atoms with Crippen LogP contribution < -0.4 is 0 Å². The fraction of sp³-hybridized carbons (Fsp3) is 0.364. The Bertz CT molecular complexity index is 416. The summed E-state index contributed by atoms with van der Waals surface area (Å²) in [7, 11) is 0. The van der Waals surface area contributed by atoms with E-state index < -0.39 is 0 Å². The first kappa shape index (κ1) is 11.8. The van der Waals surface area contributed by atoms with E-state index in [1.165, 1.54) is 0 Å². The van der Waals surface area contributed by atoms with Crippen LogP contribution in [0.2, 0.25) is 0 Å². The van der Waals surface area contributed by atoms with Gasteiger partial charge in [0, 0.05) is 24.0 Å². The molecule has 1 aromatic rings. The Morgan fingerprint density at radius 1 is 1.62 bits per heavy atom. The Labute approximate surface area is 107 Å². The molecule has 0 radical (unpaired) electrons. The minimum absolute atomic E-state index is 0.0268. The van der Waals surface area contributed by atoms with Gasteiger partial charge in [0.2, 0.25) is 5.91 Å². The van der Waals surface area contributed by atoms with Crippen molar-refractivity contribution in [2.45, 2.75) is 12.5 Å². The van der Waals surface area contributed by atoms with E-state index in [1.807, 2.05) is 18.2 Å². The second-order valence-electron chi connectivity index (χ2n) is 3.70. The minimum Gasteiger partial charge on any atom is -0.391 e. The zero-order chi connectivity index (χ0) is 11.5. The van der Waals surface area contributed by atoms with E-state index in [9.17, 15) is 9.90 Å². The van der Waals surface area contributed by atoms with Crippen LogP contribution in [0, 0.1) is 0 Å². The normalized spacial score (nSPS) is 20.9. The number of thiophene rings is 1. The summed E-state index contributed by atoms with van der Waals surface area (Å²) in [5.41, 5.74) is 0. The summed E-state index contributed by atoms with van der Waals surface area (Å²) in [6.07, 6.45) is 3.70.